The van der Waals surface area contributed by atoms with E-state index in [1.54, 1.807) is 12.4 Å². The normalized spacial score (nSPS) is 24.3. The summed E-state index contributed by atoms with van der Waals surface area (Å²) < 4.78 is 0. The number of anilines is 6. The maximum Gasteiger partial charge on any atom is 0.178 e. The SMILES string of the molecule is C=C[C@@]1(C)c2ccccc2N2N=C(/C(C)=C/C)N(c3ccccc3)C2C1(C)C1N(c2ccccc2)c2nccnc2N1c1ccccc1C. The van der Waals surface area contributed by atoms with E-state index in [2.05, 4.69) is 182 Å². The van der Waals surface area contributed by atoms with Crippen LogP contribution in [0, 0.1) is 12.3 Å². The molecule has 0 spiro atoms. The fourth-order valence-electron chi connectivity index (χ4n) is 8.27. The number of amidine groups is 1. The minimum absolute atomic E-state index is 0.283. The Kier molecular flexibility index (Phi) is 7.18. The topological polar surface area (TPSA) is 51.1 Å². The molecule has 0 saturated carbocycles. The van der Waals surface area contributed by atoms with E-state index in [1.807, 2.05) is 0 Å². The average molecular weight is 644 g/mol. The molecule has 0 saturated heterocycles. The van der Waals surface area contributed by atoms with Crippen molar-refractivity contribution in [1.29, 1.82) is 0 Å². The summed E-state index contributed by atoms with van der Waals surface area (Å²) in [4.78, 5) is 17.4. The van der Waals surface area contributed by atoms with Crippen molar-refractivity contribution in [2.45, 2.75) is 52.4 Å². The van der Waals surface area contributed by atoms with Crippen molar-refractivity contribution in [2.75, 3.05) is 19.7 Å². The number of nitrogens with zero attached hydrogens (tertiary/aromatic N) is 7. The van der Waals surface area contributed by atoms with Gasteiger partial charge in [-0.05, 0) is 73.9 Å². The van der Waals surface area contributed by atoms with E-state index in [0.717, 1.165) is 51.4 Å². The Bertz CT molecular complexity index is 2110. The number of hydrogen-bond donors (Lipinski definition) is 0. The molecule has 0 N–H and O–H groups in total. The lowest BCUT2D eigenvalue weighted by atomic mass is 9.55. The maximum atomic E-state index is 5.51. The predicted octanol–water partition coefficient (Wildman–Crippen LogP) is 9.50. The van der Waals surface area contributed by atoms with E-state index in [9.17, 15) is 0 Å². The van der Waals surface area contributed by atoms with Crippen LogP contribution in [-0.2, 0) is 5.41 Å². The minimum atomic E-state index is -0.668. The largest absolute Gasteiger partial charge is 0.301 e. The summed E-state index contributed by atoms with van der Waals surface area (Å²) in [6, 6.07) is 38.5. The Hall–Kier alpha value is -5.69. The molecule has 1 aromatic heterocycles. The van der Waals surface area contributed by atoms with Crippen LogP contribution in [0.1, 0.15) is 38.8 Å². The molecule has 7 heteroatoms. The van der Waals surface area contributed by atoms with Crippen LogP contribution in [0.2, 0.25) is 0 Å². The first-order valence-electron chi connectivity index (χ1n) is 16.9. The van der Waals surface area contributed by atoms with Gasteiger partial charge in [-0.3, -0.25) is 0 Å². The van der Waals surface area contributed by atoms with Crippen LogP contribution in [-0.4, -0.2) is 28.1 Å². The summed E-state index contributed by atoms with van der Waals surface area (Å²) >= 11 is 0. The van der Waals surface area contributed by atoms with Gasteiger partial charge in [0.05, 0.1) is 11.1 Å². The first-order chi connectivity index (χ1) is 23.8. The number of para-hydroxylation sites is 4. The summed E-state index contributed by atoms with van der Waals surface area (Å²) in [5.41, 5.74) is 6.47. The summed E-state index contributed by atoms with van der Waals surface area (Å²) in [5, 5.41) is 7.78. The number of rotatable bonds is 6. The number of hydrazone groups is 1. The predicted molar refractivity (Wildman–Crippen MR) is 202 cm³/mol. The van der Waals surface area contributed by atoms with Gasteiger partial charge >= 0.3 is 0 Å². The number of hydrogen-bond acceptors (Lipinski definition) is 7. The molecule has 0 fully saturated rings. The van der Waals surface area contributed by atoms with Crippen LogP contribution in [0.15, 0.2) is 151 Å². The summed E-state index contributed by atoms with van der Waals surface area (Å²) in [6.07, 6.45) is 7.30. The van der Waals surface area contributed by atoms with Gasteiger partial charge in [0.25, 0.3) is 0 Å². The van der Waals surface area contributed by atoms with Crippen molar-refractivity contribution in [3.8, 4) is 0 Å². The maximum absolute atomic E-state index is 5.51. The van der Waals surface area contributed by atoms with Gasteiger partial charge in [0.2, 0.25) is 0 Å². The smallest absolute Gasteiger partial charge is 0.178 e. The quantitative estimate of drug-likeness (QED) is 0.172. The first-order valence-corrected chi connectivity index (χ1v) is 16.9. The van der Waals surface area contributed by atoms with Crippen LogP contribution >= 0.6 is 0 Å². The molecule has 244 valence electrons. The van der Waals surface area contributed by atoms with E-state index >= 15 is 0 Å². The van der Waals surface area contributed by atoms with Crippen molar-refractivity contribution >= 4 is 40.2 Å². The third-order valence-corrected chi connectivity index (χ3v) is 11.1. The van der Waals surface area contributed by atoms with Gasteiger partial charge in [-0.25, -0.2) is 15.0 Å². The monoisotopic (exact) mass is 643 g/mol. The highest BCUT2D eigenvalue weighted by molar-refractivity contribution is 6.12. The molecule has 0 aliphatic carbocycles. The number of allylic oxidation sites excluding steroid dienone is 2. The second-order valence-electron chi connectivity index (χ2n) is 13.5. The van der Waals surface area contributed by atoms with Gasteiger partial charge in [0.15, 0.2) is 17.5 Å². The standard InChI is InChI=1S/C42H41N7/c1-7-29(3)36-45-49-35-26-18-16-24-33(35)41(5,8-2)42(6,40(49)46(36)31-20-11-9-12-21-31)39-47(32-22-13-10-14-23-32)37-38(44-28-27-43-37)48(39)34-25-17-15-19-30(34)4/h7-28,39-40H,2H2,1,3-6H3/b29-7+/t39?,40?,41-,42?/m0/s1. The molecule has 0 radical (unpaired) electrons. The lowest BCUT2D eigenvalue weighted by molar-refractivity contribution is 0.107. The molecule has 49 heavy (non-hydrogen) atoms. The third-order valence-electron chi connectivity index (χ3n) is 11.1. The fourth-order valence-corrected chi connectivity index (χ4v) is 8.27. The van der Waals surface area contributed by atoms with Crippen LogP contribution in [0.3, 0.4) is 0 Å². The Balaban J connectivity index is 1.51. The van der Waals surface area contributed by atoms with Crippen molar-refractivity contribution in [1.82, 2.24) is 9.97 Å². The molecule has 3 aliphatic rings. The van der Waals surface area contributed by atoms with Gasteiger partial charge in [-0.15, -0.1) is 6.58 Å². The Morgan fingerprint density at radius 3 is 1.86 bits per heavy atom. The molecule has 0 bridgehead atoms. The lowest BCUT2D eigenvalue weighted by Crippen LogP contribution is -2.71. The van der Waals surface area contributed by atoms with Crippen LogP contribution < -0.4 is 19.7 Å². The number of fused-ring (bicyclic) bond motifs is 4. The second-order valence-corrected chi connectivity index (χ2v) is 13.5. The molecule has 4 aromatic carbocycles. The Morgan fingerprint density at radius 2 is 1.24 bits per heavy atom. The molecule has 4 heterocycles. The highest BCUT2D eigenvalue weighted by Gasteiger charge is 2.68. The molecule has 4 atom stereocenters. The molecule has 7 nitrogen and oxygen atoms in total. The van der Waals surface area contributed by atoms with E-state index in [4.69, 9.17) is 15.1 Å². The van der Waals surface area contributed by atoms with E-state index in [1.165, 1.54) is 5.56 Å². The zero-order valence-electron chi connectivity index (χ0n) is 28.7. The van der Waals surface area contributed by atoms with E-state index in [-0.39, 0.29) is 12.3 Å². The van der Waals surface area contributed by atoms with Crippen LogP contribution in [0.4, 0.5) is 34.4 Å². The molecule has 0 amide bonds. The summed E-state index contributed by atoms with van der Waals surface area (Å²) in [5.74, 6) is 2.56. The van der Waals surface area contributed by atoms with Crippen LogP contribution in [0.5, 0.6) is 0 Å². The van der Waals surface area contributed by atoms with Gasteiger partial charge in [0.1, 0.15) is 12.3 Å². The molecular weight excluding hydrogens is 603 g/mol. The summed E-state index contributed by atoms with van der Waals surface area (Å²) in [6.45, 7) is 15.8. The van der Waals surface area contributed by atoms with Crippen molar-refractivity contribution in [2.24, 2.45) is 10.5 Å². The van der Waals surface area contributed by atoms with Crippen molar-refractivity contribution in [3.63, 3.8) is 0 Å². The molecule has 3 aliphatic heterocycles. The molecule has 3 unspecified atom stereocenters. The van der Waals surface area contributed by atoms with Gasteiger partial charge in [0, 0.05) is 34.9 Å². The van der Waals surface area contributed by atoms with E-state index in [0.29, 0.717) is 0 Å². The van der Waals surface area contributed by atoms with Crippen molar-refractivity contribution in [3.05, 3.63) is 157 Å². The molecular formula is C42H41N7. The Morgan fingerprint density at radius 1 is 0.694 bits per heavy atom. The highest BCUT2D eigenvalue weighted by atomic mass is 15.6. The zero-order chi connectivity index (χ0) is 33.9. The zero-order valence-corrected chi connectivity index (χ0v) is 28.7. The van der Waals surface area contributed by atoms with Gasteiger partial charge < -0.3 is 14.7 Å². The highest BCUT2D eigenvalue weighted by Crippen LogP contribution is 2.64. The molecule has 5 aromatic rings. The Labute approximate surface area is 289 Å². The summed E-state index contributed by atoms with van der Waals surface area (Å²) in [7, 11) is 0. The second kappa shape index (κ2) is 11.5. The number of aromatic nitrogens is 2. The number of benzene rings is 4. The minimum Gasteiger partial charge on any atom is -0.301 e. The molecule has 8 rings (SSSR count). The lowest BCUT2D eigenvalue weighted by Gasteiger charge is -2.61. The van der Waals surface area contributed by atoms with Gasteiger partial charge in [-0.1, -0.05) is 98.8 Å². The van der Waals surface area contributed by atoms with Crippen LogP contribution in [0.25, 0.3) is 0 Å². The number of aryl methyl sites for hydroxylation is 1. The average Bonchev–Trinajstić information content (AvgIpc) is 3.73. The van der Waals surface area contributed by atoms with Crippen molar-refractivity contribution < 1.29 is 0 Å². The van der Waals surface area contributed by atoms with E-state index < -0.39 is 10.8 Å². The van der Waals surface area contributed by atoms with Gasteiger partial charge in [-0.2, -0.15) is 5.10 Å². The first kappa shape index (κ1) is 30.6. The third kappa shape index (κ3) is 4.24. The fraction of sp³-hybridized carbons (Fsp3) is 0.214.